The van der Waals surface area contributed by atoms with Gasteiger partial charge in [-0.25, -0.2) is 13.1 Å². The van der Waals surface area contributed by atoms with Crippen LogP contribution in [0.4, 0.5) is 5.69 Å². The average Bonchev–Trinajstić information content (AvgIpc) is 2.46. The van der Waals surface area contributed by atoms with Crippen LogP contribution in [-0.4, -0.2) is 26.4 Å². The van der Waals surface area contributed by atoms with Crippen LogP contribution in [0.1, 0.15) is 40.5 Å². The molecule has 1 unspecified atom stereocenters. The average molecular weight is 378 g/mol. The van der Waals surface area contributed by atoms with Crippen LogP contribution < -0.4 is 15.8 Å². The molecule has 0 saturated carbocycles. The largest absolute Gasteiger partial charge is 0.325 e. The van der Waals surface area contributed by atoms with Crippen LogP contribution in [0.5, 0.6) is 0 Å². The number of benzene rings is 1. The molecule has 4 N–H and O–H groups in total. The Kier molecular flexibility index (Phi) is 9.50. The van der Waals surface area contributed by atoms with Gasteiger partial charge in [0.2, 0.25) is 15.9 Å². The number of anilines is 1. The molecule has 2 atom stereocenters. The molecular formula is C16H28ClN3O3S. The van der Waals surface area contributed by atoms with Crippen LogP contribution in [0.2, 0.25) is 0 Å². The summed E-state index contributed by atoms with van der Waals surface area (Å²) < 4.78 is 27.1. The van der Waals surface area contributed by atoms with E-state index in [-0.39, 0.29) is 29.3 Å². The fraction of sp³-hybridized carbons (Fsp3) is 0.562. The number of amides is 1. The number of nitrogens with one attached hydrogen (secondary N) is 2. The second kappa shape index (κ2) is 9.98. The summed E-state index contributed by atoms with van der Waals surface area (Å²) in [4.78, 5) is 12.2. The van der Waals surface area contributed by atoms with E-state index in [0.717, 1.165) is 0 Å². The number of sulfonamides is 1. The topological polar surface area (TPSA) is 101 Å². The number of hydrogen-bond acceptors (Lipinski definition) is 4. The second-order valence-electron chi connectivity index (χ2n) is 6.18. The molecule has 1 aromatic carbocycles. The second-order valence-corrected chi connectivity index (χ2v) is 7.90. The summed E-state index contributed by atoms with van der Waals surface area (Å²) in [5.74, 6) is -0.00896. The zero-order valence-electron chi connectivity index (χ0n) is 14.6. The lowest BCUT2D eigenvalue weighted by molar-refractivity contribution is -0.117. The number of carbonyl (C=O) groups excluding carboxylic acids is 1. The Morgan fingerprint density at radius 3 is 2.42 bits per heavy atom. The molecular weight excluding hydrogens is 350 g/mol. The monoisotopic (exact) mass is 377 g/mol. The Labute approximate surface area is 151 Å². The Bertz CT molecular complexity index is 635. The van der Waals surface area contributed by atoms with E-state index in [2.05, 4.69) is 10.0 Å². The SMILES string of the molecule is CCC(C)NS(=O)(=O)c1cccc(NC(=O)[C@@H](N)CC(C)C)c1.Cl. The normalized spacial score (nSPS) is 13.9. The van der Waals surface area contributed by atoms with Crippen LogP contribution >= 0.6 is 12.4 Å². The van der Waals surface area contributed by atoms with E-state index < -0.39 is 16.1 Å². The predicted molar refractivity (Wildman–Crippen MR) is 99.8 cm³/mol. The first-order valence-electron chi connectivity index (χ1n) is 7.84. The smallest absolute Gasteiger partial charge is 0.241 e. The predicted octanol–water partition coefficient (Wildman–Crippen LogP) is 2.50. The highest BCUT2D eigenvalue weighted by Gasteiger charge is 2.19. The van der Waals surface area contributed by atoms with Crippen molar-refractivity contribution in [3.8, 4) is 0 Å². The highest BCUT2D eigenvalue weighted by atomic mass is 35.5. The van der Waals surface area contributed by atoms with Crippen molar-refractivity contribution >= 4 is 34.0 Å². The lowest BCUT2D eigenvalue weighted by atomic mass is 10.0. The molecule has 0 bridgehead atoms. The van der Waals surface area contributed by atoms with Gasteiger partial charge in [-0.1, -0.05) is 26.8 Å². The molecule has 0 aliphatic heterocycles. The van der Waals surface area contributed by atoms with Crippen molar-refractivity contribution in [1.82, 2.24) is 4.72 Å². The van der Waals surface area contributed by atoms with E-state index in [1.54, 1.807) is 19.1 Å². The van der Waals surface area contributed by atoms with Gasteiger partial charge in [0.1, 0.15) is 0 Å². The standard InChI is InChI=1S/C16H27N3O3S.ClH/c1-5-12(4)19-23(21,22)14-8-6-7-13(10-14)18-16(20)15(17)9-11(2)3;/h6-8,10-12,15,19H,5,9,17H2,1-4H3,(H,18,20);1H/t12?,15-;/m0./s1. The Morgan fingerprint density at radius 2 is 1.88 bits per heavy atom. The van der Waals surface area contributed by atoms with Crippen molar-refractivity contribution in [2.75, 3.05) is 5.32 Å². The van der Waals surface area contributed by atoms with E-state index in [4.69, 9.17) is 5.73 Å². The molecule has 1 rings (SSSR count). The molecule has 8 heteroatoms. The minimum atomic E-state index is -3.60. The fourth-order valence-electron chi connectivity index (χ4n) is 2.01. The first kappa shape index (κ1) is 22.9. The van der Waals surface area contributed by atoms with Gasteiger partial charge in [-0.05, 0) is 43.9 Å². The van der Waals surface area contributed by atoms with Crippen molar-refractivity contribution in [1.29, 1.82) is 0 Å². The van der Waals surface area contributed by atoms with Gasteiger partial charge >= 0.3 is 0 Å². The van der Waals surface area contributed by atoms with Gasteiger partial charge in [-0.2, -0.15) is 0 Å². The lowest BCUT2D eigenvalue weighted by Gasteiger charge is -2.15. The highest BCUT2D eigenvalue weighted by Crippen LogP contribution is 2.17. The third-order valence-corrected chi connectivity index (χ3v) is 5.03. The zero-order chi connectivity index (χ0) is 17.6. The molecule has 0 fully saturated rings. The van der Waals surface area contributed by atoms with Gasteiger partial charge in [-0.15, -0.1) is 12.4 Å². The Hall–Kier alpha value is -1.15. The maximum Gasteiger partial charge on any atom is 0.241 e. The van der Waals surface area contributed by atoms with E-state index in [1.165, 1.54) is 12.1 Å². The molecule has 0 spiro atoms. The fourth-order valence-corrected chi connectivity index (χ4v) is 3.38. The van der Waals surface area contributed by atoms with Crippen LogP contribution in [0.25, 0.3) is 0 Å². The summed E-state index contributed by atoms with van der Waals surface area (Å²) >= 11 is 0. The van der Waals surface area contributed by atoms with Gasteiger partial charge in [0.05, 0.1) is 10.9 Å². The van der Waals surface area contributed by atoms with Crippen LogP contribution in [0, 0.1) is 5.92 Å². The molecule has 1 amide bonds. The first-order valence-corrected chi connectivity index (χ1v) is 9.32. The van der Waals surface area contributed by atoms with Gasteiger partial charge in [0.25, 0.3) is 0 Å². The minimum Gasteiger partial charge on any atom is -0.325 e. The number of halogens is 1. The molecule has 0 aliphatic carbocycles. The van der Waals surface area contributed by atoms with Gasteiger partial charge in [0.15, 0.2) is 0 Å². The third kappa shape index (κ3) is 7.17. The molecule has 1 aromatic rings. The third-order valence-electron chi connectivity index (χ3n) is 3.44. The lowest BCUT2D eigenvalue weighted by Crippen LogP contribution is -2.36. The summed E-state index contributed by atoms with van der Waals surface area (Å²) in [5, 5.41) is 2.67. The summed E-state index contributed by atoms with van der Waals surface area (Å²) in [6.45, 7) is 7.68. The van der Waals surface area contributed by atoms with Crippen molar-refractivity contribution in [2.24, 2.45) is 11.7 Å². The van der Waals surface area contributed by atoms with Crippen molar-refractivity contribution in [2.45, 2.75) is 57.5 Å². The quantitative estimate of drug-likeness (QED) is 0.647. The van der Waals surface area contributed by atoms with Crippen molar-refractivity contribution in [3.63, 3.8) is 0 Å². The molecule has 0 aromatic heterocycles. The van der Waals surface area contributed by atoms with Gasteiger partial charge < -0.3 is 11.1 Å². The highest BCUT2D eigenvalue weighted by molar-refractivity contribution is 7.89. The van der Waals surface area contributed by atoms with E-state index >= 15 is 0 Å². The van der Waals surface area contributed by atoms with Crippen LogP contribution in [0.15, 0.2) is 29.2 Å². The van der Waals surface area contributed by atoms with Crippen LogP contribution in [-0.2, 0) is 14.8 Å². The summed E-state index contributed by atoms with van der Waals surface area (Å²) in [6, 6.07) is 5.39. The number of hydrogen-bond donors (Lipinski definition) is 3. The first-order chi connectivity index (χ1) is 10.7. The number of nitrogens with two attached hydrogens (primary N) is 1. The minimum absolute atomic E-state index is 0. The number of carbonyl (C=O) groups is 1. The summed E-state index contributed by atoms with van der Waals surface area (Å²) in [5.41, 5.74) is 6.25. The van der Waals surface area contributed by atoms with Gasteiger partial charge in [0, 0.05) is 11.7 Å². The Balaban J connectivity index is 0.00000529. The summed E-state index contributed by atoms with van der Waals surface area (Å²) in [7, 11) is -3.60. The maximum absolute atomic E-state index is 12.3. The zero-order valence-corrected chi connectivity index (χ0v) is 16.2. The van der Waals surface area contributed by atoms with Crippen molar-refractivity contribution < 1.29 is 13.2 Å². The Morgan fingerprint density at radius 1 is 1.25 bits per heavy atom. The van der Waals surface area contributed by atoms with Crippen molar-refractivity contribution in [3.05, 3.63) is 24.3 Å². The van der Waals surface area contributed by atoms with E-state index in [0.29, 0.717) is 24.4 Å². The van der Waals surface area contributed by atoms with E-state index in [1.807, 2.05) is 20.8 Å². The molecule has 138 valence electrons. The maximum atomic E-state index is 12.3. The molecule has 0 radical (unpaired) electrons. The van der Waals surface area contributed by atoms with Crippen LogP contribution in [0.3, 0.4) is 0 Å². The molecule has 24 heavy (non-hydrogen) atoms. The van der Waals surface area contributed by atoms with E-state index in [9.17, 15) is 13.2 Å². The molecule has 0 heterocycles. The molecule has 6 nitrogen and oxygen atoms in total. The molecule has 0 saturated heterocycles. The number of rotatable bonds is 8. The summed E-state index contributed by atoms with van der Waals surface area (Å²) in [6.07, 6.45) is 1.26. The van der Waals surface area contributed by atoms with Gasteiger partial charge in [-0.3, -0.25) is 4.79 Å². The molecule has 0 aliphatic rings.